The van der Waals surface area contributed by atoms with Gasteiger partial charge in [0.15, 0.2) is 0 Å². The maximum absolute atomic E-state index is 13.8. The molecule has 0 unspecified atom stereocenters. The van der Waals surface area contributed by atoms with Gasteiger partial charge in [-0.3, -0.25) is 9.88 Å². The lowest BCUT2D eigenvalue weighted by Crippen LogP contribution is -2.45. The van der Waals surface area contributed by atoms with Crippen LogP contribution in [-0.2, 0) is 29.9 Å². The predicted molar refractivity (Wildman–Crippen MR) is 95.0 cm³/mol. The number of piperidine rings is 1. The van der Waals surface area contributed by atoms with Gasteiger partial charge >= 0.3 is 0 Å². The van der Waals surface area contributed by atoms with Crippen molar-refractivity contribution in [3.63, 3.8) is 0 Å². The number of halogens is 1. The summed E-state index contributed by atoms with van der Waals surface area (Å²) in [7, 11) is 0. The fourth-order valence-corrected chi connectivity index (χ4v) is 5.48. The number of aliphatic hydroxyl groups is 1. The number of nitrogens with zero attached hydrogens (tertiary/aromatic N) is 2. The van der Waals surface area contributed by atoms with Gasteiger partial charge in [0, 0.05) is 35.6 Å². The Bertz CT molecular complexity index is 769. The molecule has 2 aromatic heterocycles. The summed E-state index contributed by atoms with van der Waals surface area (Å²) in [6.07, 6.45) is 4.34. The third kappa shape index (κ3) is 3.01. The van der Waals surface area contributed by atoms with Gasteiger partial charge < -0.3 is 9.84 Å². The van der Waals surface area contributed by atoms with E-state index in [0.29, 0.717) is 18.8 Å². The van der Waals surface area contributed by atoms with Gasteiger partial charge in [-0.2, -0.15) is 0 Å². The average molecular weight is 362 g/mol. The number of fused-ring (bicyclic) bond motifs is 2. The van der Waals surface area contributed by atoms with Crippen molar-refractivity contribution in [3.8, 4) is 0 Å². The normalized spacial score (nSPS) is 20.0. The van der Waals surface area contributed by atoms with Gasteiger partial charge in [0.1, 0.15) is 11.4 Å². The van der Waals surface area contributed by atoms with Gasteiger partial charge in [-0.1, -0.05) is 0 Å². The number of aromatic nitrogens is 1. The SMILES string of the molecule is Cc1sc2c(c1CO)CCOC21CCN(Cc2ncccc2F)CC1. The van der Waals surface area contributed by atoms with Crippen molar-refractivity contribution < 1.29 is 14.2 Å². The third-order valence-electron chi connectivity index (χ3n) is 5.49. The summed E-state index contributed by atoms with van der Waals surface area (Å²) >= 11 is 1.78. The number of pyridine rings is 1. The maximum atomic E-state index is 13.8. The molecular formula is C19H23FN2O2S. The highest BCUT2D eigenvalue weighted by atomic mass is 32.1. The zero-order chi connectivity index (χ0) is 17.4. The Morgan fingerprint density at radius 2 is 2.20 bits per heavy atom. The van der Waals surface area contributed by atoms with E-state index >= 15 is 0 Å². The molecule has 2 aliphatic heterocycles. The third-order valence-corrected chi connectivity index (χ3v) is 6.87. The first kappa shape index (κ1) is 17.1. The molecule has 0 aromatic carbocycles. The van der Waals surface area contributed by atoms with E-state index in [4.69, 9.17) is 4.74 Å². The number of aryl methyl sites for hydroxylation is 1. The van der Waals surface area contributed by atoms with E-state index in [1.165, 1.54) is 21.4 Å². The van der Waals surface area contributed by atoms with Crippen LogP contribution in [-0.4, -0.2) is 34.7 Å². The Labute approximate surface area is 151 Å². The van der Waals surface area contributed by atoms with E-state index in [-0.39, 0.29) is 18.0 Å². The van der Waals surface area contributed by atoms with Crippen LogP contribution in [0.25, 0.3) is 0 Å². The number of thiophene rings is 1. The van der Waals surface area contributed by atoms with Crippen molar-refractivity contribution in [3.05, 3.63) is 50.7 Å². The molecule has 1 spiro atoms. The van der Waals surface area contributed by atoms with Crippen molar-refractivity contribution in [1.82, 2.24) is 9.88 Å². The molecule has 0 atom stereocenters. The van der Waals surface area contributed by atoms with Crippen LogP contribution in [0.4, 0.5) is 4.39 Å². The summed E-state index contributed by atoms with van der Waals surface area (Å²) in [5.74, 6) is -0.236. The molecule has 1 N–H and O–H groups in total. The molecule has 2 aliphatic rings. The quantitative estimate of drug-likeness (QED) is 0.911. The second kappa shape index (κ2) is 6.76. The minimum Gasteiger partial charge on any atom is -0.392 e. The van der Waals surface area contributed by atoms with Crippen molar-refractivity contribution in [2.24, 2.45) is 0 Å². The maximum Gasteiger partial charge on any atom is 0.146 e. The smallest absolute Gasteiger partial charge is 0.146 e. The van der Waals surface area contributed by atoms with Crippen molar-refractivity contribution in [2.45, 2.75) is 44.9 Å². The molecule has 0 aliphatic carbocycles. The van der Waals surface area contributed by atoms with E-state index in [0.717, 1.165) is 37.9 Å². The fourth-order valence-electron chi connectivity index (χ4n) is 4.07. The Balaban J connectivity index is 1.52. The number of hydrogen-bond donors (Lipinski definition) is 1. The lowest BCUT2D eigenvalue weighted by atomic mass is 9.84. The standard InChI is InChI=1S/C19H23FN2O2S/c1-13-15(12-23)14-4-10-24-19(18(14)25-13)5-8-22(9-6-19)11-17-16(20)3-2-7-21-17/h2-3,7,23H,4-6,8-12H2,1H3. The Morgan fingerprint density at radius 3 is 2.92 bits per heavy atom. The van der Waals surface area contributed by atoms with Crippen LogP contribution in [0.15, 0.2) is 18.3 Å². The number of ether oxygens (including phenoxy) is 1. The summed E-state index contributed by atoms with van der Waals surface area (Å²) in [4.78, 5) is 8.93. The van der Waals surface area contributed by atoms with Crippen LogP contribution in [0.3, 0.4) is 0 Å². The van der Waals surface area contributed by atoms with Gasteiger partial charge in [-0.25, -0.2) is 4.39 Å². The van der Waals surface area contributed by atoms with Crippen LogP contribution in [0.5, 0.6) is 0 Å². The second-order valence-corrected chi connectivity index (χ2v) is 8.13. The van der Waals surface area contributed by atoms with Crippen molar-refractivity contribution >= 4 is 11.3 Å². The van der Waals surface area contributed by atoms with Crippen molar-refractivity contribution in [1.29, 1.82) is 0 Å². The van der Waals surface area contributed by atoms with E-state index in [9.17, 15) is 9.50 Å². The van der Waals surface area contributed by atoms with Crippen LogP contribution in [0.2, 0.25) is 0 Å². The molecule has 0 saturated carbocycles. The lowest BCUT2D eigenvalue weighted by Gasteiger charge is -2.43. The molecule has 1 saturated heterocycles. The summed E-state index contributed by atoms with van der Waals surface area (Å²) in [5, 5.41) is 9.70. The summed E-state index contributed by atoms with van der Waals surface area (Å²) in [6, 6.07) is 3.09. The van der Waals surface area contributed by atoms with Gasteiger partial charge in [0.25, 0.3) is 0 Å². The number of rotatable bonds is 3. The van der Waals surface area contributed by atoms with Crippen LogP contribution in [0, 0.1) is 12.7 Å². The van der Waals surface area contributed by atoms with Gasteiger partial charge in [-0.15, -0.1) is 11.3 Å². The lowest BCUT2D eigenvalue weighted by molar-refractivity contribution is -0.0964. The molecule has 4 rings (SSSR count). The Hall–Kier alpha value is -1.34. The molecule has 2 aromatic rings. The molecular weight excluding hydrogens is 339 g/mol. The molecule has 0 amide bonds. The molecule has 4 nitrogen and oxygen atoms in total. The number of hydrogen-bond acceptors (Lipinski definition) is 5. The largest absolute Gasteiger partial charge is 0.392 e. The number of likely N-dealkylation sites (tertiary alicyclic amines) is 1. The van der Waals surface area contributed by atoms with E-state index in [1.807, 2.05) is 0 Å². The highest BCUT2D eigenvalue weighted by Gasteiger charge is 2.43. The van der Waals surface area contributed by atoms with Crippen LogP contribution >= 0.6 is 11.3 Å². The summed E-state index contributed by atoms with van der Waals surface area (Å²) in [6.45, 7) is 5.17. The highest BCUT2D eigenvalue weighted by Crippen LogP contribution is 2.47. The van der Waals surface area contributed by atoms with E-state index < -0.39 is 0 Å². The van der Waals surface area contributed by atoms with Crippen LogP contribution < -0.4 is 0 Å². The summed E-state index contributed by atoms with van der Waals surface area (Å²) < 4.78 is 20.1. The second-order valence-electron chi connectivity index (χ2n) is 6.90. The van der Waals surface area contributed by atoms with Crippen molar-refractivity contribution in [2.75, 3.05) is 19.7 Å². The van der Waals surface area contributed by atoms with Gasteiger partial charge in [0.2, 0.25) is 0 Å². The monoisotopic (exact) mass is 362 g/mol. The summed E-state index contributed by atoms with van der Waals surface area (Å²) in [5.41, 5.74) is 2.69. The Kier molecular flexibility index (Phi) is 4.62. The molecule has 25 heavy (non-hydrogen) atoms. The van der Waals surface area contributed by atoms with Crippen LogP contribution in [0.1, 0.15) is 39.4 Å². The molecule has 0 bridgehead atoms. The van der Waals surface area contributed by atoms with E-state index in [1.54, 1.807) is 23.6 Å². The zero-order valence-electron chi connectivity index (χ0n) is 14.4. The number of aliphatic hydroxyl groups excluding tert-OH is 1. The molecule has 1 fully saturated rings. The predicted octanol–water partition coefficient (Wildman–Crippen LogP) is 3.15. The zero-order valence-corrected chi connectivity index (χ0v) is 15.2. The highest BCUT2D eigenvalue weighted by molar-refractivity contribution is 7.12. The average Bonchev–Trinajstić information content (AvgIpc) is 2.96. The Morgan fingerprint density at radius 1 is 1.40 bits per heavy atom. The van der Waals surface area contributed by atoms with Gasteiger partial charge in [-0.05, 0) is 49.4 Å². The first-order chi connectivity index (χ1) is 12.1. The molecule has 4 heterocycles. The van der Waals surface area contributed by atoms with E-state index in [2.05, 4.69) is 16.8 Å². The minimum absolute atomic E-state index is 0.110. The van der Waals surface area contributed by atoms with Gasteiger partial charge in [0.05, 0.1) is 18.9 Å². The minimum atomic E-state index is -0.236. The first-order valence-electron chi connectivity index (χ1n) is 8.81. The molecule has 134 valence electrons. The molecule has 0 radical (unpaired) electrons. The first-order valence-corrected chi connectivity index (χ1v) is 9.63. The fraction of sp³-hybridized carbons (Fsp3) is 0.526. The molecule has 6 heteroatoms. The topological polar surface area (TPSA) is 45.6 Å².